The Labute approximate surface area is 170 Å². The van der Waals surface area contributed by atoms with Gasteiger partial charge in [0.15, 0.2) is 0 Å². The highest BCUT2D eigenvalue weighted by Crippen LogP contribution is 2.16. The zero-order valence-corrected chi connectivity index (χ0v) is 16.6. The second-order valence-corrected chi connectivity index (χ2v) is 7.53. The van der Waals surface area contributed by atoms with Crippen LogP contribution >= 0.6 is 0 Å². The van der Waals surface area contributed by atoms with Crippen molar-refractivity contribution in [1.82, 2.24) is 25.0 Å². The van der Waals surface area contributed by atoms with Crippen LogP contribution in [0.15, 0.2) is 55.0 Å². The van der Waals surface area contributed by atoms with Crippen molar-refractivity contribution in [1.29, 1.82) is 0 Å². The Bertz CT molecular complexity index is 929. The fraction of sp³-hybridized carbons (Fsp3) is 0.318. The Morgan fingerprint density at radius 3 is 2.48 bits per heavy atom. The number of aromatic nitrogens is 3. The Morgan fingerprint density at radius 2 is 1.76 bits per heavy atom. The third-order valence-corrected chi connectivity index (χ3v) is 5.30. The van der Waals surface area contributed by atoms with E-state index in [2.05, 4.69) is 49.5 Å². The van der Waals surface area contributed by atoms with E-state index in [9.17, 15) is 4.79 Å². The van der Waals surface area contributed by atoms with E-state index in [4.69, 9.17) is 0 Å². The number of hydrogen-bond donors (Lipinski definition) is 2. The molecule has 1 saturated heterocycles. The summed E-state index contributed by atoms with van der Waals surface area (Å²) in [6.45, 7) is 5.35. The number of carbonyl (C=O) groups is 1. The van der Waals surface area contributed by atoms with Gasteiger partial charge in [-0.25, -0.2) is 0 Å². The molecule has 150 valence electrons. The molecule has 7 nitrogen and oxygen atoms in total. The van der Waals surface area contributed by atoms with Crippen LogP contribution in [0.3, 0.4) is 0 Å². The molecule has 0 radical (unpaired) electrons. The third kappa shape index (κ3) is 5.07. The van der Waals surface area contributed by atoms with Crippen molar-refractivity contribution in [3.05, 3.63) is 77.4 Å². The van der Waals surface area contributed by atoms with Crippen LogP contribution in [0.2, 0.25) is 0 Å². The van der Waals surface area contributed by atoms with E-state index in [0.717, 1.165) is 49.5 Å². The summed E-state index contributed by atoms with van der Waals surface area (Å²) in [5.41, 5.74) is 4.47. The number of benzene rings is 1. The largest absolute Gasteiger partial charge is 0.321 e. The highest BCUT2D eigenvalue weighted by Gasteiger charge is 2.16. The van der Waals surface area contributed by atoms with Gasteiger partial charge in [0.2, 0.25) is 0 Å². The zero-order chi connectivity index (χ0) is 20.1. The lowest BCUT2D eigenvalue weighted by Gasteiger charge is -2.32. The van der Waals surface area contributed by atoms with E-state index in [1.165, 1.54) is 5.56 Å². The standard InChI is InChI=1S/C22H26N6O/c1-27-10-12-28(13-11-27)16-18-2-4-20(5-3-18)25-22(29)21-19(15-24-26-21)14-17-6-8-23-9-7-17/h2-9,15H,10-14,16H2,1H3,(H,24,26)(H,25,29). The van der Waals surface area contributed by atoms with E-state index in [-0.39, 0.29) is 5.91 Å². The maximum atomic E-state index is 12.7. The quantitative estimate of drug-likeness (QED) is 0.676. The molecule has 1 aliphatic rings. The first-order chi connectivity index (χ1) is 14.2. The number of rotatable bonds is 6. The summed E-state index contributed by atoms with van der Waals surface area (Å²) in [4.78, 5) is 21.6. The molecule has 0 unspecified atom stereocenters. The highest BCUT2D eigenvalue weighted by molar-refractivity contribution is 6.03. The number of anilines is 1. The first-order valence-electron chi connectivity index (χ1n) is 9.90. The number of aromatic amines is 1. The van der Waals surface area contributed by atoms with Crippen LogP contribution in [0.1, 0.15) is 27.2 Å². The average Bonchev–Trinajstić information content (AvgIpc) is 3.20. The lowest BCUT2D eigenvalue weighted by Crippen LogP contribution is -2.43. The normalized spacial score (nSPS) is 15.3. The Morgan fingerprint density at radius 1 is 1.03 bits per heavy atom. The average molecular weight is 390 g/mol. The van der Waals surface area contributed by atoms with E-state index >= 15 is 0 Å². The van der Waals surface area contributed by atoms with Gasteiger partial charge >= 0.3 is 0 Å². The van der Waals surface area contributed by atoms with Crippen molar-refractivity contribution in [2.45, 2.75) is 13.0 Å². The molecule has 1 fully saturated rings. The van der Waals surface area contributed by atoms with Gasteiger partial charge in [0.1, 0.15) is 5.69 Å². The van der Waals surface area contributed by atoms with Crippen LogP contribution in [0, 0.1) is 0 Å². The predicted octanol–water partition coefficient (Wildman–Crippen LogP) is 2.40. The Kier molecular flexibility index (Phi) is 5.97. The van der Waals surface area contributed by atoms with Gasteiger partial charge in [0, 0.05) is 62.8 Å². The van der Waals surface area contributed by atoms with E-state index in [0.29, 0.717) is 12.1 Å². The van der Waals surface area contributed by atoms with Crippen LogP contribution in [0.5, 0.6) is 0 Å². The molecule has 29 heavy (non-hydrogen) atoms. The van der Waals surface area contributed by atoms with Crippen LogP contribution in [-0.4, -0.2) is 64.1 Å². The summed E-state index contributed by atoms with van der Waals surface area (Å²) in [6, 6.07) is 12.0. The highest BCUT2D eigenvalue weighted by atomic mass is 16.1. The first-order valence-corrected chi connectivity index (χ1v) is 9.90. The van der Waals surface area contributed by atoms with Gasteiger partial charge < -0.3 is 10.2 Å². The minimum absolute atomic E-state index is 0.182. The van der Waals surface area contributed by atoms with Crippen molar-refractivity contribution >= 4 is 11.6 Å². The minimum atomic E-state index is -0.182. The summed E-state index contributed by atoms with van der Waals surface area (Å²) in [5, 5.41) is 9.85. The van der Waals surface area contributed by atoms with Gasteiger partial charge in [0.05, 0.1) is 6.20 Å². The number of piperazine rings is 1. The molecule has 0 atom stereocenters. The maximum absolute atomic E-state index is 12.7. The molecule has 3 heterocycles. The van der Waals surface area contributed by atoms with Gasteiger partial charge in [-0.3, -0.25) is 19.8 Å². The van der Waals surface area contributed by atoms with Crippen molar-refractivity contribution in [3.8, 4) is 0 Å². The molecular weight excluding hydrogens is 364 g/mol. The fourth-order valence-corrected chi connectivity index (χ4v) is 3.51. The number of hydrogen-bond acceptors (Lipinski definition) is 5. The van der Waals surface area contributed by atoms with Crippen LogP contribution < -0.4 is 5.32 Å². The van der Waals surface area contributed by atoms with Crippen molar-refractivity contribution in [2.24, 2.45) is 0 Å². The lowest BCUT2D eigenvalue weighted by molar-refractivity contribution is 0.102. The van der Waals surface area contributed by atoms with Crippen LogP contribution in [0.4, 0.5) is 5.69 Å². The van der Waals surface area contributed by atoms with Crippen molar-refractivity contribution in [2.75, 3.05) is 38.5 Å². The number of amides is 1. The number of nitrogens with one attached hydrogen (secondary N) is 2. The second-order valence-electron chi connectivity index (χ2n) is 7.53. The minimum Gasteiger partial charge on any atom is -0.321 e. The maximum Gasteiger partial charge on any atom is 0.273 e. The van der Waals surface area contributed by atoms with E-state index in [1.54, 1.807) is 18.6 Å². The monoisotopic (exact) mass is 390 g/mol. The van der Waals surface area contributed by atoms with Gasteiger partial charge in [0.25, 0.3) is 5.91 Å². The zero-order valence-electron chi connectivity index (χ0n) is 16.6. The molecule has 1 aliphatic heterocycles. The smallest absolute Gasteiger partial charge is 0.273 e. The summed E-state index contributed by atoms with van der Waals surface area (Å²) in [6.07, 6.45) is 5.83. The molecular formula is C22H26N6O. The predicted molar refractivity (Wildman–Crippen MR) is 113 cm³/mol. The third-order valence-electron chi connectivity index (χ3n) is 5.30. The number of pyridine rings is 1. The molecule has 1 amide bonds. The summed E-state index contributed by atoms with van der Waals surface area (Å²) in [5.74, 6) is -0.182. The molecule has 7 heteroatoms. The lowest BCUT2D eigenvalue weighted by atomic mass is 10.1. The van der Waals surface area contributed by atoms with Crippen LogP contribution in [0.25, 0.3) is 0 Å². The number of nitrogens with zero attached hydrogens (tertiary/aromatic N) is 4. The van der Waals surface area contributed by atoms with Gasteiger partial charge in [-0.05, 0) is 42.4 Å². The first kappa shape index (κ1) is 19.3. The molecule has 3 aromatic rings. The fourth-order valence-electron chi connectivity index (χ4n) is 3.51. The van der Waals surface area contributed by atoms with Gasteiger partial charge in [-0.15, -0.1) is 0 Å². The Balaban J connectivity index is 1.36. The summed E-state index contributed by atoms with van der Waals surface area (Å²) < 4.78 is 0. The molecule has 0 saturated carbocycles. The second kappa shape index (κ2) is 8.98. The van der Waals surface area contributed by atoms with Crippen molar-refractivity contribution in [3.63, 3.8) is 0 Å². The summed E-state index contributed by atoms with van der Waals surface area (Å²) >= 11 is 0. The molecule has 0 aliphatic carbocycles. The van der Waals surface area contributed by atoms with Gasteiger partial charge in [-0.1, -0.05) is 12.1 Å². The number of H-pyrrole nitrogens is 1. The summed E-state index contributed by atoms with van der Waals surface area (Å²) in [7, 11) is 2.16. The molecule has 2 aromatic heterocycles. The molecule has 0 spiro atoms. The number of carbonyl (C=O) groups excluding carboxylic acids is 1. The van der Waals surface area contributed by atoms with Crippen LogP contribution in [-0.2, 0) is 13.0 Å². The van der Waals surface area contributed by atoms with Gasteiger partial charge in [-0.2, -0.15) is 5.10 Å². The van der Waals surface area contributed by atoms with Crippen molar-refractivity contribution < 1.29 is 4.79 Å². The van der Waals surface area contributed by atoms with E-state index < -0.39 is 0 Å². The molecule has 0 bridgehead atoms. The van der Waals surface area contributed by atoms with E-state index in [1.807, 2.05) is 24.3 Å². The topological polar surface area (TPSA) is 77.1 Å². The molecule has 2 N–H and O–H groups in total. The SMILES string of the molecule is CN1CCN(Cc2ccc(NC(=O)c3[nH]ncc3Cc3ccncc3)cc2)CC1. The Hall–Kier alpha value is -3.03. The molecule has 1 aromatic carbocycles. The number of likely N-dealkylation sites (N-methyl/N-ethyl adjacent to an activating group) is 1. The molecule has 4 rings (SSSR count).